The second-order valence-electron chi connectivity index (χ2n) is 3.61. The van der Waals surface area contributed by atoms with Gasteiger partial charge in [-0.2, -0.15) is 0 Å². The molecule has 0 amide bonds. The Morgan fingerprint density at radius 2 is 2.13 bits per heavy atom. The van der Waals surface area contributed by atoms with Crippen LogP contribution in [-0.4, -0.2) is 34.3 Å². The Labute approximate surface area is 98.5 Å². The Hall–Kier alpha value is -0.680. The molecule has 0 atom stereocenters. The molecule has 0 radical (unpaired) electrons. The summed E-state index contributed by atoms with van der Waals surface area (Å²) < 4.78 is 0.772. The molecule has 84 valence electrons. The van der Waals surface area contributed by atoms with Crippen LogP contribution in [0.4, 0.5) is 5.82 Å². The number of anilines is 1. The molecular formula is C10H16BrN3O. The van der Waals surface area contributed by atoms with Crippen molar-refractivity contribution >= 4 is 21.7 Å². The van der Waals surface area contributed by atoms with E-state index in [-0.39, 0.29) is 6.61 Å². The van der Waals surface area contributed by atoms with E-state index in [1.54, 1.807) is 0 Å². The molecule has 1 rings (SSSR count). The lowest BCUT2D eigenvalue weighted by Crippen LogP contribution is -2.34. The Morgan fingerprint density at radius 3 is 2.60 bits per heavy atom. The fourth-order valence-corrected chi connectivity index (χ4v) is 1.87. The zero-order chi connectivity index (χ0) is 11.4. The third-order valence-electron chi connectivity index (χ3n) is 2.05. The molecule has 0 unspecified atom stereocenters. The molecule has 0 aromatic carbocycles. The van der Waals surface area contributed by atoms with E-state index < -0.39 is 0 Å². The van der Waals surface area contributed by atoms with Gasteiger partial charge in [-0.1, -0.05) is 0 Å². The molecule has 1 aromatic rings. The number of halogens is 1. The van der Waals surface area contributed by atoms with Gasteiger partial charge < -0.3 is 10.0 Å². The topological polar surface area (TPSA) is 49.2 Å². The van der Waals surface area contributed by atoms with Gasteiger partial charge in [0.05, 0.1) is 6.61 Å². The van der Waals surface area contributed by atoms with Crippen molar-refractivity contribution in [1.82, 2.24) is 9.97 Å². The number of aliphatic hydroxyl groups is 1. The number of hydrogen-bond donors (Lipinski definition) is 1. The number of aryl methyl sites for hydroxylation is 1. The van der Waals surface area contributed by atoms with Crippen molar-refractivity contribution in [3.63, 3.8) is 0 Å². The van der Waals surface area contributed by atoms with Crippen LogP contribution in [0.15, 0.2) is 10.7 Å². The van der Waals surface area contributed by atoms with Crippen LogP contribution in [0.2, 0.25) is 0 Å². The van der Waals surface area contributed by atoms with Crippen LogP contribution < -0.4 is 4.90 Å². The van der Waals surface area contributed by atoms with Crippen LogP contribution in [0.1, 0.15) is 19.7 Å². The van der Waals surface area contributed by atoms with Crippen LogP contribution >= 0.6 is 15.9 Å². The van der Waals surface area contributed by atoms with E-state index in [2.05, 4.69) is 39.7 Å². The average molecular weight is 274 g/mol. The van der Waals surface area contributed by atoms with Gasteiger partial charge >= 0.3 is 0 Å². The number of hydrogen-bond acceptors (Lipinski definition) is 4. The van der Waals surface area contributed by atoms with Gasteiger partial charge in [0.1, 0.15) is 16.2 Å². The lowest BCUT2D eigenvalue weighted by atomic mass is 10.3. The molecular weight excluding hydrogens is 258 g/mol. The minimum atomic E-state index is 0.124. The van der Waals surface area contributed by atoms with E-state index >= 15 is 0 Å². The normalized spacial score (nSPS) is 10.8. The summed E-state index contributed by atoms with van der Waals surface area (Å²) in [7, 11) is 0. The van der Waals surface area contributed by atoms with Gasteiger partial charge in [-0.05, 0) is 36.7 Å². The predicted molar refractivity (Wildman–Crippen MR) is 64.0 cm³/mol. The Kier molecular flexibility index (Phi) is 4.47. The van der Waals surface area contributed by atoms with Crippen molar-refractivity contribution in [2.45, 2.75) is 26.8 Å². The molecule has 0 saturated carbocycles. The van der Waals surface area contributed by atoms with E-state index in [1.807, 2.05) is 17.9 Å². The maximum absolute atomic E-state index is 8.99. The first-order chi connectivity index (χ1) is 7.04. The van der Waals surface area contributed by atoms with E-state index in [1.165, 1.54) is 0 Å². The fraction of sp³-hybridized carbons (Fsp3) is 0.600. The first kappa shape index (κ1) is 12.4. The highest BCUT2D eigenvalue weighted by Crippen LogP contribution is 2.18. The van der Waals surface area contributed by atoms with Gasteiger partial charge in [-0.15, -0.1) is 0 Å². The number of aromatic nitrogens is 2. The summed E-state index contributed by atoms with van der Waals surface area (Å²) in [5.41, 5.74) is 0. The van der Waals surface area contributed by atoms with Gasteiger partial charge in [0.25, 0.3) is 0 Å². The molecule has 0 aliphatic heterocycles. The van der Waals surface area contributed by atoms with E-state index in [0.717, 1.165) is 16.2 Å². The second-order valence-corrected chi connectivity index (χ2v) is 4.42. The summed E-state index contributed by atoms with van der Waals surface area (Å²) in [5, 5.41) is 8.99. The SMILES string of the molecule is Cc1nc(Br)cc(N(CCO)C(C)C)n1. The van der Waals surface area contributed by atoms with Crippen molar-refractivity contribution in [3.05, 3.63) is 16.5 Å². The van der Waals surface area contributed by atoms with Gasteiger partial charge in [-0.3, -0.25) is 0 Å². The highest BCUT2D eigenvalue weighted by atomic mass is 79.9. The van der Waals surface area contributed by atoms with Crippen molar-refractivity contribution in [1.29, 1.82) is 0 Å². The van der Waals surface area contributed by atoms with Crippen molar-refractivity contribution in [2.24, 2.45) is 0 Å². The quantitative estimate of drug-likeness (QED) is 0.850. The molecule has 1 heterocycles. The number of aliphatic hydroxyl groups excluding tert-OH is 1. The van der Waals surface area contributed by atoms with Crippen molar-refractivity contribution < 1.29 is 5.11 Å². The smallest absolute Gasteiger partial charge is 0.133 e. The average Bonchev–Trinajstić information content (AvgIpc) is 2.11. The maximum Gasteiger partial charge on any atom is 0.133 e. The third kappa shape index (κ3) is 3.43. The van der Waals surface area contributed by atoms with Crippen LogP contribution in [0.3, 0.4) is 0 Å². The number of rotatable bonds is 4. The Morgan fingerprint density at radius 1 is 1.47 bits per heavy atom. The lowest BCUT2D eigenvalue weighted by Gasteiger charge is -2.27. The van der Waals surface area contributed by atoms with E-state index in [0.29, 0.717) is 12.6 Å². The second kappa shape index (κ2) is 5.42. The maximum atomic E-state index is 8.99. The molecule has 4 nitrogen and oxygen atoms in total. The highest BCUT2D eigenvalue weighted by Gasteiger charge is 2.12. The van der Waals surface area contributed by atoms with Crippen LogP contribution in [0.5, 0.6) is 0 Å². The molecule has 0 spiro atoms. The summed E-state index contributed by atoms with van der Waals surface area (Å²) in [6.45, 7) is 6.70. The third-order valence-corrected chi connectivity index (χ3v) is 2.46. The van der Waals surface area contributed by atoms with Gasteiger partial charge in [0.15, 0.2) is 0 Å². The minimum Gasteiger partial charge on any atom is -0.395 e. The summed E-state index contributed by atoms with van der Waals surface area (Å²) in [6, 6.07) is 2.17. The van der Waals surface area contributed by atoms with Gasteiger partial charge in [0, 0.05) is 18.7 Å². The predicted octanol–water partition coefficient (Wildman–Crippen LogP) is 1.75. The standard InChI is InChI=1S/C10H16BrN3O/c1-7(2)14(4-5-15)10-6-9(11)12-8(3)13-10/h6-7,15H,4-5H2,1-3H3. The minimum absolute atomic E-state index is 0.124. The Bertz CT molecular complexity index is 310. The molecule has 0 bridgehead atoms. The molecule has 0 aliphatic carbocycles. The summed E-state index contributed by atoms with van der Waals surface area (Å²) in [4.78, 5) is 10.5. The molecule has 0 aliphatic rings. The van der Waals surface area contributed by atoms with Crippen LogP contribution in [-0.2, 0) is 0 Å². The monoisotopic (exact) mass is 273 g/mol. The first-order valence-corrected chi connectivity index (χ1v) is 5.72. The summed E-state index contributed by atoms with van der Waals surface area (Å²) in [6.07, 6.45) is 0. The highest BCUT2D eigenvalue weighted by molar-refractivity contribution is 9.10. The Balaban J connectivity index is 2.99. The van der Waals surface area contributed by atoms with E-state index in [9.17, 15) is 0 Å². The van der Waals surface area contributed by atoms with Crippen LogP contribution in [0, 0.1) is 6.92 Å². The molecule has 1 aromatic heterocycles. The summed E-state index contributed by atoms with van der Waals surface area (Å²) >= 11 is 3.34. The lowest BCUT2D eigenvalue weighted by molar-refractivity contribution is 0.298. The fourth-order valence-electron chi connectivity index (χ4n) is 1.41. The number of nitrogens with zero attached hydrogens (tertiary/aromatic N) is 3. The molecule has 1 N–H and O–H groups in total. The zero-order valence-corrected chi connectivity index (χ0v) is 10.8. The van der Waals surface area contributed by atoms with E-state index in [4.69, 9.17) is 5.11 Å². The molecule has 0 fully saturated rings. The first-order valence-electron chi connectivity index (χ1n) is 4.93. The molecule has 0 saturated heterocycles. The largest absolute Gasteiger partial charge is 0.395 e. The molecule has 5 heteroatoms. The van der Waals surface area contributed by atoms with Gasteiger partial charge in [0.2, 0.25) is 0 Å². The zero-order valence-electron chi connectivity index (χ0n) is 9.24. The van der Waals surface area contributed by atoms with Crippen molar-refractivity contribution in [3.8, 4) is 0 Å². The molecule has 15 heavy (non-hydrogen) atoms. The van der Waals surface area contributed by atoms with Gasteiger partial charge in [-0.25, -0.2) is 9.97 Å². The summed E-state index contributed by atoms with van der Waals surface area (Å²) in [5.74, 6) is 1.57. The van der Waals surface area contributed by atoms with Crippen LogP contribution in [0.25, 0.3) is 0 Å². The van der Waals surface area contributed by atoms with Crippen molar-refractivity contribution in [2.75, 3.05) is 18.1 Å².